The highest BCUT2D eigenvalue weighted by atomic mass is 79.9. The normalized spacial score (nSPS) is 12.0. The number of ether oxygens (including phenoxy) is 1. The smallest absolute Gasteiger partial charge is 0.224 e. The molecule has 0 aliphatic heterocycles. The lowest BCUT2D eigenvalue weighted by molar-refractivity contribution is -0.116. The standard InChI is InChI=1S/C25H34BrNO2/c1-7-25(5,6)18-10-13-20(14-11-18)29-16-8-9-23(28)27-22-15-12-19(17-21(22)26)24(2,3)4/h10-15,17H,7-9,16H2,1-6H3,(H,27,28). The molecule has 0 fully saturated rings. The summed E-state index contributed by atoms with van der Waals surface area (Å²) in [5.74, 6) is 0.847. The van der Waals surface area contributed by atoms with Crippen molar-refractivity contribution in [2.24, 2.45) is 0 Å². The minimum absolute atomic E-state index is 0.00199. The van der Waals surface area contributed by atoms with Gasteiger partial charge in [-0.1, -0.05) is 59.7 Å². The van der Waals surface area contributed by atoms with Crippen LogP contribution in [0.3, 0.4) is 0 Å². The van der Waals surface area contributed by atoms with Gasteiger partial charge in [0, 0.05) is 10.9 Å². The number of nitrogens with one attached hydrogen (secondary N) is 1. The Morgan fingerprint density at radius 3 is 2.17 bits per heavy atom. The Morgan fingerprint density at radius 1 is 1.00 bits per heavy atom. The molecule has 0 aliphatic rings. The van der Waals surface area contributed by atoms with Crippen LogP contribution < -0.4 is 10.1 Å². The first kappa shape index (κ1) is 23.5. The van der Waals surface area contributed by atoms with Crippen molar-refractivity contribution in [1.82, 2.24) is 0 Å². The van der Waals surface area contributed by atoms with Crippen LogP contribution in [-0.2, 0) is 15.6 Å². The van der Waals surface area contributed by atoms with Gasteiger partial charge in [-0.15, -0.1) is 0 Å². The monoisotopic (exact) mass is 459 g/mol. The van der Waals surface area contributed by atoms with Crippen molar-refractivity contribution in [2.75, 3.05) is 11.9 Å². The van der Waals surface area contributed by atoms with E-state index in [1.807, 2.05) is 18.2 Å². The zero-order valence-electron chi connectivity index (χ0n) is 18.6. The second kappa shape index (κ2) is 9.80. The van der Waals surface area contributed by atoms with Crippen LogP contribution in [0.4, 0.5) is 5.69 Å². The summed E-state index contributed by atoms with van der Waals surface area (Å²) < 4.78 is 6.70. The molecular formula is C25H34BrNO2. The molecule has 0 radical (unpaired) electrons. The molecular weight excluding hydrogens is 426 g/mol. The third-order valence-electron chi connectivity index (χ3n) is 5.45. The molecule has 0 aliphatic carbocycles. The molecule has 158 valence electrons. The van der Waals surface area contributed by atoms with E-state index in [4.69, 9.17) is 4.74 Å². The van der Waals surface area contributed by atoms with Crippen molar-refractivity contribution in [3.63, 3.8) is 0 Å². The Hall–Kier alpha value is -1.81. The Kier molecular flexibility index (Phi) is 7.93. The second-order valence-corrected chi connectivity index (χ2v) is 10.1. The average Bonchev–Trinajstić information content (AvgIpc) is 2.66. The highest BCUT2D eigenvalue weighted by molar-refractivity contribution is 9.10. The van der Waals surface area contributed by atoms with Crippen LogP contribution in [0.1, 0.15) is 71.9 Å². The zero-order valence-corrected chi connectivity index (χ0v) is 20.2. The molecule has 0 aromatic heterocycles. The molecule has 2 rings (SSSR count). The summed E-state index contributed by atoms with van der Waals surface area (Å²) in [5.41, 5.74) is 3.60. The van der Waals surface area contributed by atoms with Gasteiger partial charge >= 0.3 is 0 Å². The van der Waals surface area contributed by atoms with Gasteiger partial charge in [-0.25, -0.2) is 0 Å². The Bertz CT molecular complexity index is 820. The molecule has 2 aromatic rings. The minimum atomic E-state index is -0.00199. The molecule has 2 aromatic carbocycles. The van der Waals surface area contributed by atoms with Crippen LogP contribution in [0.2, 0.25) is 0 Å². The van der Waals surface area contributed by atoms with Crippen LogP contribution in [0.5, 0.6) is 5.75 Å². The first-order chi connectivity index (χ1) is 13.5. The number of anilines is 1. The van der Waals surface area contributed by atoms with Crippen molar-refractivity contribution in [1.29, 1.82) is 0 Å². The van der Waals surface area contributed by atoms with Gasteiger partial charge in [0.15, 0.2) is 0 Å². The maximum absolute atomic E-state index is 12.3. The summed E-state index contributed by atoms with van der Waals surface area (Å²) in [7, 11) is 0. The van der Waals surface area contributed by atoms with Gasteiger partial charge in [-0.05, 0) is 75.0 Å². The van der Waals surface area contributed by atoms with E-state index in [2.05, 4.69) is 87.1 Å². The molecule has 4 heteroatoms. The fourth-order valence-electron chi connectivity index (χ4n) is 2.92. The lowest BCUT2D eigenvalue weighted by Gasteiger charge is -2.23. The lowest BCUT2D eigenvalue weighted by Crippen LogP contribution is -2.15. The first-order valence-electron chi connectivity index (χ1n) is 10.4. The number of carbonyl (C=O) groups is 1. The number of hydrogen-bond acceptors (Lipinski definition) is 2. The Morgan fingerprint density at radius 2 is 1.62 bits per heavy atom. The van der Waals surface area contributed by atoms with Crippen molar-refractivity contribution in [2.45, 2.75) is 71.6 Å². The number of carbonyl (C=O) groups excluding carboxylic acids is 1. The van der Waals surface area contributed by atoms with Gasteiger partial charge in [0.25, 0.3) is 0 Å². The van der Waals surface area contributed by atoms with E-state index in [1.54, 1.807) is 0 Å². The maximum atomic E-state index is 12.3. The van der Waals surface area contributed by atoms with E-state index in [0.29, 0.717) is 19.4 Å². The van der Waals surface area contributed by atoms with Crippen molar-refractivity contribution in [3.05, 3.63) is 58.1 Å². The number of halogens is 1. The Balaban J connectivity index is 1.79. The molecule has 0 bridgehead atoms. The van der Waals surface area contributed by atoms with E-state index in [1.165, 1.54) is 11.1 Å². The van der Waals surface area contributed by atoms with Crippen LogP contribution in [0.25, 0.3) is 0 Å². The van der Waals surface area contributed by atoms with Crippen molar-refractivity contribution >= 4 is 27.5 Å². The van der Waals surface area contributed by atoms with Crippen molar-refractivity contribution < 1.29 is 9.53 Å². The Labute approximate surface area is 184 Å². The quantitative estimate of drug-likeness (QED) is 0.422. The maximum Gasteiger partial charge on any atom is 0.224 e. The molecule has 29 heavy (non-hydrogen) atoms. The van der Waals surface area contributed by atoms with Gasteiger partial charge in [0.05, 0.1) is 12.3 Å². The molecule has 0 unspecified atom stereocenters. The average molecular weight is 460 g/mol. The number of amides is 1. The molecule has 3 nitrogen and oxygen atoms in total. The highest BCUT2D eigenvalue weighted by Gasteiger charge is 2.18. The number of hydrogen-bond donors (Lipinski definition) is 1. The van der Waals surface area contributed by atoms with E-state index in [0.717, 1.165) is 22.3 Å². The van der Waals surface area contributed by atoms with E-state index in [-0.39, 0.29) is 16.7 Å². The van der Waals surface area contributed by atoms with Crippen LogP contribution in [0, 0.1) is 0 Å². The number of rotatable bonds is 8. The van der Waals surface area contributed by atoms with Crippen molar-refractivity contribution in [3.8, 4) is 5.75 Å². The predicted octanol–water partition coefficient (Wildman–Crippen LogP) is 7.23. The van der Waals surface area contributed by atoms with Gasteiger partial charge in [-0.2, -0.15) is 0 Å². The molecule has 1 N–H and O–H groups in total. The van der Waals surface area contributed by atoms with Gasteiger partial charge in [0.2, 0.25) is 5.91 Å². The van der Waals surface area contributed by atoms with Crippen LogP contribution in [0.15, 0.2) is 46.9 Å². The fraction of sp³-hybridized carbons (Fsp3) is 0.480. The molecule has 0 heterocycles. The van der Waals surface area contributed by atoms with Gasteiger partial charge in [0.1, 0.15) is 5.75 Å². The summed E-state index contributed by atoms with van der Waals surface area (Å²) in [5, 5.41) is 2.98. The molecule has 0 spiro atoms. The molecule has 0 saturated carbocycles. The number of benzene rings is 2. The minimum Gasteiger partial charge on any atom is -0.494 e. The summed E-state index contributed by atoms with van der Waals surface area (Å²) in [6.45, 7) is 13.7. The van der Waals surface area contributed by atoms with E-state index in [9.17, 15) is 4.79 Å². The molecule has 0 saturated heterocycles. The molecule has 1 amide bonds. The third-order valence-corrected chi connectivity index (χ3v) is 6.10. The van der Waals surface area contributed by atoms with Gasteiger partial charge in [-0.3, -0.25) is 4.79 Å². The summed E-state index contributed by atoms with van der Waals surface area (Å²) in [4.78, 5) is 12.3. The van der Waals surface area contributed by atoms with E-state index >= 15 is 0 Å². The van der Waals surface area contributed by atoms with E-state index < -0.39 is 0 Å². The van der Waals surface area contributed by atoms with Crippen LogP contribution >= 0.6 is 15.9 Å². The first-order valence-corrected chi connectivity index (χ1v) is 11.2. The third kappa shape index (κ3) is 6.88. The fourth-order valence-corrected chi connectivity index (χ4v) is 3.40. The SMILES string of the molecule is CCC(C)(C)c1ccc(OCCCC(=O)Nc2ccc(C(C)(C)C)cc2Br)cc1. The highest BCUT2D eigenvalue weighted by Crippen LogP contribution is 2.30. The lowest BCUT2D eigenvalue weighted by atomic mass is 9.82. The summed E-state index contributed by atoms with van der Waals surface area (Å²) in [6.07, 6.45) is 2.19. The predicted molar refractivity (Wildman–Crippen MR) is 126 cm³/mol. The zero-order chi connectivity index (χ0) is 21.7. The van der Waals surface area contributed by atoms with Crippen LogP contribution in [-0.4, -0.2) is 12.5 Å². The second-order valence-electron chi connectivity index (χ2n) is 9.21. The summed E-state index contributed by atoms with van der Waals surface area (Å²) >= 11 is 3.57. The topological polar surface area (TPSA) is 38.3 Å². The summed E-state index contributed by atoms with van der Waals surface area (Å²) in [6, 6.07) is 14.4. The molecule has 0 atom stereocenters. The van der Waals surface area contributed by atoms with Gasteiger partial charge < -0.3 is 10.1 Å². The largest absolute Gasteiger partial charge is 0.494 e.